The van der Waals surface area contributed by atoms with E-state index in [1.165, 1.54) is 4.90 Å². The number of rotatable bonds is 3. The van der Waals surface area contributed by atoms with E-state index in [1.54, 1.807) is 20.8 Å². The van der Waals surface area contributed by atoms with Crippen molar-refractivity contribution in [2.24, 2.45) is 5.92 Å². The van der Waals surface area contributed by atoms with Gasteiger partial charge in [-0.25, -0.2) is 9.69 Å². The van der Waals surface area contributed by atoms with Crippen LogP contribution in [0.4, 0.5) is 4.79 Å². The molecular weight excluding hydrogens is 290 g/mol. The van der Waals surface area contributed by atoms with Crippen molar-refractivity contribution in [2.75, 3.05) is 0 Å². The number of ether oxygens (including phenoxy) is 1. The highest BCUT2D eigenvalue weighted by Gasteiger charge is 2.41. The first-order valence-corrected chi connectivity index (χ1v) is 8.05. The number of hydrogen-bond donors (Lipinski definition) is 0. The second kappa shape index (κ2) is 6.99. The van der Waals surface area contributed by atoms with Crippen LogP contribution in [-0.2, 0) is 9.53 Å². The van der Waals surface area contributed by atoms with Gasteiger partial charge in [-0.05, 0) is 46.1 Å². The maximum atomic E-state index is 12.5. The lowest BCUT2D eigenvalue weighted by Crippen LogP contribution is -2.41. The van der Waals surface area contributed by atoms with Crippen molar-refractivity contribution in [1.29, 1.82) is 0 Å². The normalized spacial score (nSPS) is 21.9. The third kappa shape index (κ3) is 4.68. The maximum absolute atomic E-state index is 12.5. The lowest BCUT2D eigenvalue weighted by atomic mass is 10.0. The van der Waals surface area contributed by atoms with Crippen LogP contribution < -0.4 is 0 Å². The van der Waals surface area contributed by atoms with E-state index >= 15 is 0 Å². The molecule has 0 N–H and O–H groups in total. The molecule has 23 heavy (non-hydrogen) atoms. The molecule has 0 aromatic heterocycles. The average molecular weight is 315 g/mol. The van der Waals surface area contributed by atoms with E-state index in [9.17, 15) is 9.59 Å². The molecule has 124 valence electrons. The second-order valence-electron chi connectivity index (χ2n) is 7.02. The predicted molar refractivity (Wildman–Crippen MR) is 90.7 cm³/mol. The summed E-state index contributed by atoms with van der Waals surface area (Å²) in [5.41, 5.74) is 0.512. The molecule has 1 aromatic carbocycles. The van der Waals surface area contributed by atoms with Crippen molar-refractivity contribution >= 4 is 18.1 Å². The molecule has 0 saturated carbocycles. The van der Waals surface area contributed by atoms with Crippen molar-refractivity contribution in [3.63, 3.8) is 0 Å². The smallest absolute Gasteiger partial charge is 0.417 e. The van der Waals surface area contributed by atoms with Gasteiger partial charge in [0.05, 0.1) is 0 Å². The topological polar surface area (TPSA) is 46.6 Å². The summed E-state index contributed by atoms with van der Waals surface area (Å²) in [5, 5.41) is 0. The molecule has 2 atom stereocenters. The minimum Gasteiger partial charge on any atom is -0.443 e. The fourth-order valence-corrected chi connectivity index (χ4v) is 2.74. The first kappa shape index (κ1) is 17.3. The highest BCUT2D eigenvalue weighted by atomic mass is 16.6. The van der Waals surface area contributed by atoms with E-state index in [4.69, 9.17) is 4.74 Å². The summed E-state index contributed by atoms with van der Waals surface area (Å²) in [7, 11) is 0. The van der Waals surface area contributed by atoms with Gasteiger partial charge in [-0.1, -0.05) is 42.5 Å². The summed E-state index contributed by atoms with van der Waals surface area (Å²) in [6.07, 6.45) is 4.79. The summed E-state index contributed by atoms with van der Waals surface area (Å²) in [4.78, 5) is 25.9. The Bertz CT molecular complexity index is 586. The summed E-state index contributed by atoms with van der Waals surface area (Å²) in [5.74, 6) is -0.290. The number of hydrogen-bond acceptors (Lipinski definition) is 3. The monoisotopic (exact) mass is 315 g/mol. The molecule has 0 unspecified atom stereocenters. The Morgan fingerprint density at radius 3 is 2.57 bits per heavy atom. The van der Waals surface area contributed by atoms with Gasteiger partial charge in [0.15, 0.2) is 0 Å². The summed E-state index contributed by atoms with van der Waals surface area (Å²) in [6, 6.07) is 9.84. The second-order valence-corrected chi connectivity index (χ2v) is 7.02. The Morgan fingerprint density at radius 1 is 1.30 bits per heavy atom. The first-order valence-electron chi connectivity index (χ1n) is 8.05. The van der Waals surface area contributed by atoms with Crippen LogP contribution in [0.3, 0.4) is 0 Å². The zero-order chi connectivity index (χ0) is 17.0. The number of benzene rings is 1. The van der Waals surface area contributed by atoms with Gasteiger partial charge in [-0.3, -0.25) is 4.79 Å². The number of imide groups is 1. The molecule has 0 spiro atoms. The van der Waals surface area contributed by atoms with Crippen LogP contribution >= 0.6 is 0 Å². The van der Waals surface area contributed by atoms with Crippen LogP contribution in [0.15, 0.2) is 36.4 Å². The molecule has 1 saturated heterocycles. The van der Waals surface area contributed by atoms with Gasteiger partial charge in [0.25, 0.3) is 0 Å². The summed E-state index contributed by atoms with van der Waals surface area (Å²) >= 11 is 0. The molecule has 1 heterocycles. The summed E-state index contributed by atoms with van der Waals surface area (Å²) < 4.78 is 5.33. The van der Waals surface area contributed by atoms with Crippen molar-refractivity contribution in [1.82, 2.24) is 4.90 Å². The van der Waals surface area contributed by atoms with E-state index in [0.29, 0.717) is 12.8 Å². The van der Waals surface area contributed by atoms with E-state index in [-0.39, 0.29) is 17.9 Å². The number of likely N-dealkylation sites (tertiary alicyclic amines) is 1. The number of nitrogens with zero attached hydrogens (tertiary/aromatic N) is 1. The van der Waals surface area contributed by atoms with Gasteiger partial charge in [-0.15, -0.1) is 0 Å². The Morgan fingerprint density at radius 2 is 1.96 bits per heavy atom. The molecule has 1 fully saturated rings. The van der Waals surface area contributed by atoms with Crippen LogP contribution in [-0.4, -0.2) is 28.5 Å². The molecule has 1 aliphatic heterocycles. The Kier molecular flexibility index (Phi) is 5.24. The number of amides is 2. The van der Waals surface area contributed by atoms with E-state index in [2.05, 4.69) is 0 Å². The molecule has 0 bridgehead atoms. The van der Waals surface area contributed by atoms with Crippen LogP contribution in [0.25, 0.3) is 6.08 Å². The van der Waals surface area contributed by atoms with Gasteiger partial charge in [-0.2, -0.15) is 0 Å². The fourth-order valence-electron chi connectivity index (χ4n) is 2.74. The number of carbonyl (C=O) groups is 2. The zero-order valence-corrected chi connectivity index (χ0v) is 14.3. The van der Waals surface area contributed by atoms with Crippen molar-refractivity contribution < 1.29 is 14.3 Å². The molecule has 4 heteroatoms. The Balaban J connectivity index is 1.97. The highest BCUT2D eigenvalue weighted by Crippen LogP contribution is 2.29. The fraction of sp³-hybridized carbons (Fsp3) is 0.474. The SMILES string of the molecule is C[C@H]1C[C@H](C/C=C/c2ccccc2)C(=O)N1C(=O)OC(C)(C)C. The summed E-state index contributed by atoms with van der Waals surface area (Å²) in [6.45, 7) is 7.30. The largest absolute Gasteiger partial charge is 0.443 e. The standard InChI is InChI=1S/C19H25NO3/c1-14-13-16(12-8-11-15-9-6-5-7-10-15)17(21)20(14)18(22)23-19(2,3)4/h5-11,14,16H,12-13H2,1-4H3/b11-8+/t14-,16-/m0/s1. The van der Waals surface area contributed by atoms with Crippen molar-refractivity contribution in [2.45, 2.75) is 52.2 Å². The van der Waals surface area contributed by atoms with Gasteiger partial charge >= 0.3 is 6.09 Å². The lowest BCUT2D eigenvalue weighted by Gasteiger charge is -2.25. The van der Waals surface area contributed by atoms with Gasteiger partial charge < -0.3 is 4.74 Å². The predicted octanol–water partition coefficient (Wildman–Crippen LogP) is 4.26. The lowest BCUT2D eigenvalue weighted by molar-refractivity contribution is -0.130. The van der Waals surface area contributed by atoms with Crippen LogP contribution in [0.5, 0.6) is 0 Å². The number of carbonyl (C=O) groups excluding carboxylic acids is 2. The van der Waals surface area contributed by atoms with Crippen molar-refractivity contribution in [3.05, 3.63) is 42.0 Å². The molecule has 4 nitrogen and oxygen atoms in total. The van der Waals surface area contributed by atoms with E-state index in [0.717, 1.165) is 5.56 Å². The molecule has 2 rings (SSSR count). The molecule has 1 aliphatic rings. The quantitative estimate of drug-likeness (QED) is 0.837. The highest BCUT2D eigenvalue weighted by molar-refractivity contribution is 5.95. The third-order valence-electron chi connectivity index (χ3n) is 3.77. The maximum Gasteiger partial charge on any atom is 0.417 e. The Labute approximate surface area is 138 Å². The van der Waals surface area contributed by atoms with Gasteiger partial charge in [0, 0.05) is 12.0 Å². The van der Waals surface area contributed by atoms with Crippen LogP contribution in [0.1, 0.15) is 46.1 Å². The van der Waals surface area contributed by atoms with E-state index < -0.39 is 11.7 Å². The van der Waals surface area contributed by atoms with Gasteiger partial charge in [0.1, 0.15) is 5.60 Å². The molecule has 1 aromatic rings. The van der Waals surface area contributed by atoms with Crippen LogP contribution in [0.2, 0.25) is 0 Å². The molecular formula is C19H25NO3. The van der Waals surface area contributed by atoms with E-state index in [1.807, 2.05) is 49.4 Å². The molecule has 2 amide bonds. The van der Waals surface area contributed by atoms with Crippen molar-refractivity contribution in [3.8, 4) is 0 Å². The molecule has 0 aliphatic carbocycles. The number of allylic oxidation sites excluding steroid dienone is 1. The average Bonchev–Trinajstić information content (AvgIpc) is 2.73. The Hall–Kier alpha value is -2.10. The van der Waals surface area contributed by atoms with Gasteiger partial charge in [0.2, 0.25) is 5.91 Å². The minimum atomic E-state index is -0.595. The molecule has 0 radical (unpaired) electrons. The minimum absolute atomic E-state index is 0.118. The zero-order valence-electron chi connectivity index (χ0n) is 14.3. The first-order chi connectivity index (χ1) is 10.8. The third-order valence-corrected chi connectivity index (χ3v) is 3.77. The van der Waals surface area contributed by atoms with Crippen LogP contribution in [0, 0.1) is 5.92 Å².